The third-order valence-electron chi connectivity index (χ3n) is 9.92. The van der Waals surface area contributed by atoms with Gasteiger partial charge in [0.2, 0.25) is 0 Å². The molecule has 2 heterocycles. The summed E-state index contributed by atoms with van der Waals surface area (Å²) in [5.41, 5.74) is 8.65. The Hall–Kier alpha value is -6.12. The average Bonchev–Trinajstić information content (AvgIpc) is 3.69. The van der Waals surface area contributed by atoms with Crippen LogP contribution >= 0.6 is 0 Å². The quantitative estimate of drug-likeness (QED) is 0.181. The fourth-order valence-electron chi connectivity index (χ4n) is 7.78. The molecule has 0 spiro atoms. The first kappa shape index (κ1) is 27.0. The number of allylic oxidation sites excluding steroid dienone is 8. The lowest BCUT2D eigenvalue weighted by atomic mass is 9.84. The highest BCUT2D eigenvalue weighted by molar-refractivity contribution is 6.24. The molecule has 226 valence electrons. The lowest BCUT2D eigenvalue weighted by Gasteiger charge is -2.19. The van der Waals surface area contributed by atoms with Crippen LogP contribution in [0.25, 0.3) is 92.9 Å². The number of rotatable bonds is 2. The molecule has 1 aliphatic carbocycles. The van der Waals surface area contributed by atoms with E-state index in [-0.39, 0.29) is 0 Å². The fraction of sp³-hybridized carbons (Fsp3) is 0.0435. The lowest BCUT2D eigenvalue weighted by Crippen LogP contribution is -1.94. The number of hydrogen-bond acceptors (Lipinski definition) is 2. The van der Waals surface area contributed by atoms with Crippen molar-refractivity contribution in [3.05, 3.63) is 163 Å². The van der Waals surface area contributed by atoms with E-state index >= 15 is 0 Å². The van der Waals surface area contributed by atoms with E-state index in [2.05, 4.69) is 146 Å². The second kappa shape index (κ2) is 10.7. The van der Waals surface area contributed by atoms with Gasteiger partial charge in [0.15, 0.2) is 0 Å². The second-order valence-corrected chi connectivity index (χ2v) is 12.7. The lowest BCUT2D eigenvalue weighted by molar-refractivity contribution is 0.668. The zero-order valence-electron chi connectivity index (χ0n) is 26.2. The van der Waals surface area contributed by atoms with E-state index < -0.39 is 0 Å². The van der Waals surface area contributed by atoms with Crippen LogP contribution in [-0.2, 0) is 0 Å². The van der Waals surface area contributed by atoms with Gasteiger partial charge in [0.1, 0.15) is 22.3 Å². The summed E-state index contributed by atoms with van der Waals surface area (Å²) in [7, 11) is 0. The zero-order chi connectivity index (χ0) is 31.6. The molecule has 1 aliphatic rings. The van der Waals surface area contributed by atoms with Crippen LogP contribution in [0, 0.1) is 0 Å². The Balaban J connectivity index is 1.24. The summed E-state index contributed by atoms with van der Waals surface area (Å²) in [5, 5.41) is 11.9. The Kier molecular flexibility index (Phi) is 6.04. The van der Waals surface area contributed by atoms with Gasteiger partial charge < -0.3 is 8.83 Å². The summed E-state index contributed by atoms with van der Waals surface area (Å²) in [6, 6.07) is 41.4. The van der Waals surface area contributed by atoms with Crippen LogP contribution in [0.3, 0.4) is 0 Å². The van der Waals surface area contributed by atoms with Crippen molar-refractivity contribution in [3.8, 4) is 11.1 Å². The smallest absolute Gasteiger partial charge is 0.136 e. The van der Waals surface area contributed by atoms with Gasteiger partial charge in [-0.05, 0) is 104 Å². The molecule has 0 amide bonds. The van der Waals surface area contributed by atoms with Crippen molar-refractivity contribution < 1.29 is 8.83 Å². The van der Waals surface area contributed by atoms with Gasteiger partial charge in [0.25, 0.3) is 0 Å². The minimum atomic E-state index is 0.863. The van der Waals surface area contributed by atoms with Crippen molar-refractivity contribution in [2.75, 3.05) is 0 Å². The van der Waals surface area contributed by atoms with E-state index in [0.717, 1.165) is 62.1 Å². The Labute approximate surface area is 277 Å². The van der Waals surface area contributed by atoms with E-state index in [1.54, 1.807) is 0 Å². The molecule has 0 atom stereocenters. The minimum absolute atomic E-state index is 0.863. The third kappa shape index (κ3) is 4.13. The van der Waals surface area contributed by atoms with Gasteiger partial charge >= 0.3 is 0 Å². The highest BCUT2D eigenvalue weighted by Gasteiger charge is 2.19. The highest BCUT2D eigenvalue weighted by atomic mass is 16.3. The molecule has 7 aromatic carbocycles. The molecule has 10 rings (SSSR count). The Morgan fingerprint density at radius 3 is 1.85 bits per heavy atom. The molecular formula is C46H30O2. The molecule has 9 aromatic rings. The van der Waals surface area contributed by atoms with Gasteiger partial charge in [0, 0.05) is 21.5 Å². The van der Waals surface area contributed by atoms with Gasteiger partial charge in [-0.3, -0.25) is 0 Å². The van der Waals surface area contributed by atoms with Crippen molar-refractivity contribution in [2.45, 2.75) is 12.8 Å². The molecule has 48 heavy (non-hydrogen) atoms. The monoisotopic (exact) mass is 614 g/mol. The van der Waals surface area contributed by atoms with E-state index in [1.807, 2.05) is 12.1 Å². The van der Waals surface area contributed by atoms with Gasteiger partial charge in [-0.2, -0.15) is 0 Å². The summed E-state index contributed by atoms with van der Waals surface area (Å²) < 4.78 is 12.7. The molecule has 0 N–H and O–H groups in total. The van der Waals surface area contributed by atoms with E-state index in [1.165, 1.54) is 49.2 Å². The molecule has 0 unspecified atom stereocenters. The Morgan fingerprint density at radius 2 is 1.04 bits per heavy atom. The van der Waals surface area contributed by atoms with Gasteiger partial charge in [0.05, 0.1) is 0 Å². The SMILES string of the molecule is C1=CC/C=C\C=C(\c2c3ccccc3c(-c3ccc4oc5cc6ccc7oc8ccccc8c7c6cc5c4c3)c3ccccc23)CC=C1. The van der Waals surface area contributed by atoms with E-state index in [0.29, 0.717) is 0 Å². The van der Waals surface area contributed by atoms with Crippen molar-refractivity contribution >= 4 is 81.8 Å². The van der Waals surface area contributed by atoms with E-state index in [4.69, 9.17) is 8.83 Å². The molecule has 0 aliphatic heterocycles. The number of benzene rings is 7. The van der Waals surface area contributed by atoms with Crippen molar-refractivity contribution in [2.24, 2.45) is 0 Å². The van der Waals surface area contributed by atoms with Crippen LogP contribution < -0.4 is 0 Å². The average molecular weight is 615 g/mol. The Bertz CT molecular complexity index is 2830. The summed E-state index contributed by atoms with van der Waals surface area (Å²) in [6.45, 7) is 0. The summed E-state index contributed by atoms with van der Waals surface area (Å²) in [4.78, 5) is 0. The number of hydrogen-bond donors (Lipinski definition) is 0. The molecular weight excluding hydrogens is 585 g/mol. The molecule has 0 saturated carbocycles. The van der Waals surface area contributed by atoms with Crippen LogP contribution in [0.5, 0.6) is 0 Å². The molecule has 0 radical (unpaired) electrons. The summed E-state index contributed by atoms with van der Waals surface area (Å²) >= 11 is 0. The van der Waals surface area contributed by atoms with Crippen molar-refractivity contribution in [1.29, 1.82) is 0 Å². The first-order valence-electron chi connectivity index (χ1n) is 16.6. The number of para-hydroxylation sites is 1. The topological polar surface area (TPSA) is 26.3 Å². The maximum Gasteiger partial charge on any atom is 0.136 e. The zero-order valence-corrected chi connectivity index (χ0v) is 26.2. The highest BCUT2D eigenvalue weighted by Crippen LogP contribution is 2.45. The van der Waals surface area contributed by atoms with E-state index in [9.17, 15) is 0 Å². The first-order valence-corrected chi connectivity index (χ1v) is 16.6. The largest absolute Gasteiger partial charge is 0.456 e. The first-order chi connectivity index (χ1) is 23.8. The second-order valence-electron chi connectivity index (χ2n) is 12.7. The molecule has 2 nitrogen and oxygen atoms in total. The van der Waals surface area contributed by atoms with Crippen molar-refractivity contribution in [3.63, 3.8) is 0 Å². The maximum absolute atomic E-state index is 6.50. The van der Waals surface area contributed by atoms with Crippen LogP contribution in [0.4, 0.5) is 0 Å². The van der Waals surface area contributed by atoms with Gasteiger partial charge in [-0.25, -0.2) is 0 Å². The van der Waals surface area contributed by atoms with Crippen LogP contribution in [-0.4, -0.2) is 0 Å². The van der Waals surface area contributed by atoms with Gasteiger partial charge in [-0.1, -0.05) is 121 Å². The van der Waals surface area contributed by atoms with Gasteiger partial charge in [-0.15, -0.1) is 0 Å². The molecule has 0 bridgehead atoms. The number of furan rings is 2. The van der Waals surface area contributed by atoms with Crippen LogP contribution in [0.1, 0.15) is 18.4 Å². The van der Waals surface area contributed by atoms with Crippen LogP contribution in [0.2, 0.25) is 0 Å². The number of fused-ring (bicyclic) bond motifs is 10. The normalized spacial score (nSPS) is 15.7. The molecule has 0 saturated heterocycles. The van der Waals surface area contributed by atoms with Crippen molar-refractivity contribution in [1.82, 2.24) is 0 Å². The predicted octanol–water partition coefficient (Wildman–Crippen LogP) is 13.5. The maximum atomic E-state index is 6.50. The predicted molar refractivity (Wildman–Crippen MR) is 204 cm³/mol. The molecule has 0 fully saturated rings. The summed E-state index contributed by atoms with van der Waals surface area (Å²) in [6.07, 6.45) is 17.3. The fourth-order valence-corrected chi connectivity index (χ4v) is 7.78. The minimum Gasteiger partial charge on any atom is -0.456 e. The van der Waals surface area contributed by atoms with Crippen LogP contribution in [0.15, 0.2) is 167 Å². The molecule has 2 heteroatoms. The third-order valence-corrected chi connectivity index (χ3v) is 9.92. The Morgan fingerprint density at radius 1 is 0.417 bits per heavy atom. The molecule has 2 aromatic heterocycles. The standard InChI is InChI=1S/C46H30O2/c1-2-4-6-14-29(15-7-5-3-1)44-32-16-8-10-18-34(32)45(35-19-11-9-17-33(35)44)31-23-24-41-38(26-31)39-28-37-30(27-43(39)48-41)22-25-42-46(37)36-20-12-13-21-40(36)47-42/h1-2,4-13,15-28H,3,14H2/b2-1?,6-4?,7-5-,29-15+. The summed E-state index contributed by atoms with van der Waals surface area (Å²) in [5.74, 6) is 0.